The van der Waals surface area contributed by atoms with E-state index in [1.54, 1.807) is 30.5 Å². The van der Waals surface area contributed by atoms with E-state index < -0.39 is 35.9 Å². The van der Waals surface area contributed by atoms with Gasteiger partial charge in [-0.05, 0) is 43.4 Å². The van der Waals surface area contributed by atoms with Gasteiger partial charge < -0.3 is 31.4 Å². The molecule has 1 aromatic heterocycles. The van der Waals surface area contributed by atoms with Gasteiger partial charge in [0.15, 0.2) is 0 Å². The van der Waals surface area contributed by atoms with Crippen molar-refractivity contribution < 1.29 is 24.3 Å². The van der Waals surface area contributed by atoms with Gasteiger partial charge in [-0.1, -0.05) is 30.3 Å². The minimum atomic E-state index is -1.17. The standard InChI is InChI=1S/C25H34N6O5S/c1-37-11-9-19(23(33)31-21(25(35)36)12-16-6-3-2-4-7-16)29-24(34)20(13-17-14-26-15-28-17)30-22(32)18-8-5-10-27-18/h2-4,6-7,14-15,18-21,27H,5,8-13H2,1H3,(H,26,28)(H,29,34)(H,30,32)(H,31,33)(H,35,36). The lowest BCUT2D eigenvalue weighted by molar-refractivity contribution is -0.142. The Hall–Kier alpha value is -3.38. The summed E-state index contributed by atoms with van der Waals surface area (Å²) in [6, 6.07) is 5.56. The molecule has 2 aromatic rings. The van der Waals surface area contributed by atoms with E-state index in [4.69, 9.17) is 0 Å². The molecule has 0 bridgehead atoms. The highest BCUT2D eigenvalue weighted by Gasteiger charge is 2.31. The lowest BCUT2D eigenvalue weighted by atomic mass is 10.0. The normalized spacial score (nSPS) is 17.4. The first-order valence-electron chi connectivity index (χ1n) is 12.2. The zero-order chi connectivity index (χ0) is 26.6. The highest BCUT2D eigenvalue weighted by Crippen LogP contribution is 2.09. The number of aromatic amines is 1. The van der Waals surface area contributed by atoms with Crippen molar-refractivity contribution in [3.05, 3.63) is 54.1 Å². The van der Waals surface area contributed by atoms with Gasteiger partial charge in [-0.3, -0.25) is 14.4 Å². The number of carbonyl (C=O) groups excluding carboxylic acids is 3. The number of nitrogens with zero attached hydrogens (tertiary/aromatic N) is 1. The highest BCUT2D eigenvalue weighted by atomic mass is 32.2. The fraction of sp³-hybridized carbons (Fsp3) is 0.480. The van der Waals surface area contributed by atoms with Gasteiger partial charge in [-0.2, -0.15) is 11.8 Å². The Bertz CT molecular complexity index is 1030. The number of carboxylic acids is 1. The molecule has 37 heavy (non-hydrogen) atoms. The number of aromatic nitrogens is 2. The maximum absolute atomic E-state index is 13.3. The smallest absolute Gasteiger partial charge is 0.326 e. The average molecular weight is 531 g/mol. The largest absolute Gasteiger partial charge is 0.480 e. The molecular weight excluding hydrogens is 496 g/mol. The number of carbonyl (C=O) groups is 4. The number of rotatable bonds is 14. The molecule has 1 aliphatic heterocycles. The predicted octanol–water partition coefficient (Wildman–Crippen LogP) is 0.239. The average Bonchev–Trinajstić information content (AvgIpc) is 3.61. The van der Waals surface area contributed by atoms with Crippen LogP contribution in [-0.2, 0) is 32.0 Å². The molecule has 1 aliphatic rings. The summed E-state index contributed by atoms with van der Waals surface area (Å²) in [5, 5.41) is 20.9. The maximum Gasteiger partial charge on any atom is 0.326 e. The molecule has 0 radical (unpaired) electrons. The third-order valence-electron chi connectivity index (χ3n) is 6.13. The van der Waals surface area contributed by atoms with Crippen LogP contribution in [0.25, 0.3) is 0 Å². The number of benzene rings is 1. The summed E-state index contributed by atoms with van der Waals surface area (Å²) >= 11 is 1.50. The van der Waals surface area contributed by atoms with E-state index in [1.807, 2.05) is 12.3 Å². The summed E-state index contributed by atoms with van der Waals surface area (Å²) in [6.07, 6.45) is 7.05. The number of hydrogen-bond donors (Lipinski definition) is 6. The summed E-state index contributed by atoms with van der Waals surface area (Å²) < 4.78 is 0. The molecule has 4 unspecified atom stereocenters. The molecule has 3 amide bonds. The fourth-order valence-electron chi connectivity index (χ4n) is 4.11. The van der Waals surface area contributed by atoms with E-state index in [9.17, 15) is 24.3 Å². The van der Waals surface area contributed by atoms with E-state index >= 15 is 0 Å². The molecule has 1 aromatic carbocycles. The van der Waals surface area contributed by atoms with Gasteiger partial charge in [-0.25, -0.2) is 9.78 Å². The van der Waals surface area contributed by atoms with E-state index in [0.717, 1.165) is 18.5 Å². The number of nitrogens with one attached hydrogen (secondary N) is 5. The second-order valence-corrected chi connectivity index (χ2v) is 9.91. The molecule has 0 spiro atoms. The SMILES string of the molecule is CSCCC(NC(=O)C(Cc1cnc[nH]1)NC(=O)C1CCCN1)C(=O)NC(Cc1ccccc1)C(=O)O. The number of H-pyrrole nitrogens is 1. The van der Waals surface area contributed by atoms with Crippen LogP contribution in [0.15, 0.2) is 42.9 Å². The Morgan fingerprint density at radius 2 is 1.78 bits per heavy atom. The second kappa shape index (κ2) is 14.4. The van der Waals surface area contributed by atoms with Crippen molar-refractivity contribution in [1.82, 2.24) is 31.2 Å². The molecule has 0 aliphatic carbocycles. The Balaban J connectivity index is 1.70. The zero-order valence-corrected chi connectivity index (χ0v) is 21.6. The van der Waals surface area contributed by atoms with Crippen LogP contribution >= 0.6 is 11.8 Å². The Labute approximate surface area is 220 Å². The quantitative estimate of drug-likeness (QED) is 0.202. The van der Waals surface area contributed by atoms with Gasteiger partial charge in [0.1, 0.15) is 18.1 Å². The summed E-state index contributed by atoms with van der Waals surface area (Å²) in [4.78, 5) is 58.0. The van der Waals surface area contributed by atoms with Crippen LogP contribution in [0.2, 0.25) is 0 Å². The third kappa shape index (κ3) is 8.90. The Kier molecular flexibility index (Phi) is 11.0. The number of amides is 3. The summed E-state index contributed by atoms with van der Waals surface area (Å²) in [5.74, 6) is -2.00. The Morgan fingerprint density at radius 3 is 2.41 bits per heavy atom. The maximum atomic E-state index is 13.3. The number of imidazole rings is 1. The second-order valence-electron chi connectivity index (χ2n) is 8.92. The minimum Gasteiger partial charge on any atom is -0.480 e. The van der Waals surface area contributed by atoms with Crippen LogP contribution in [-0.4, -0.2) is 81.5 Å². The van der Waals surface area contributed by atoms with Crippen molar-refractivity contribution in [2.75, 3.05) is 18.6 Å². The number of hydrogen-bond acceptors (Lipinski definition) is 7. The van der Waals surface area contributed by atoms with Crippen molar-refractivity contribution >= 4 is 35.5 Å². The zero-order valence-electron chi connectivity index (χ0n) is 20.7. The molecule has 1 fully saturated rings. The molecular formula is C25H34N6O5S. The van der Waals surface area contributed by atoms with E-state index in [0.29, 0.717) is 24.3 Å². The monoisotopic (exact) mass is 530 g/mol. The van der Waals surface area contributed by atoms with Gasteiger partial charge in [0.05, 0.1) is 12.4 Å². The molecule has 4 atom stereocenters. The van der Waals surface area contributed by atoms with Crippen LogP contribution in [0.3, 0.4) is 0 Å². The van der Waals surface area contributed by atoms with Crippen molar-refractivity contribution in [3.63, 3.8) is 0 Å². The first-order valence-corrected chi connectivity index (χ1v) is 13.6. The molecule has 11 nitrogen and oxygen atoms in total. The highest BCUT2D eigenvalue weighted by molar-refractivity contribution is 7.98. The minimum absolute atomic E-state index is 0.109. The first kappa shape index (κ1) is 28.2. The molecule has 3 rings (SSSR count). The number of aliphatic carboxylic acids is 1. The molecule has 0 saturated carbocycles. The van der Waals surface area contributed by atoms with Gasteiger partial charge in [0.2, 0.25) is 17.7 Å². The molecule has 1 saturated heterocycles. The van der Waals surface area contributed by atoms with E-state index in [2.05, 4.69) is 31.2 Å². The van der Waals surface area contributed by atoms with Gasteiger partial charge >= 0.3 is 5.97 Å². The summed E-state index contributed by atoms with van der Waals surface area (Å²) in [7, 11) is 0. The molecule has 6 N–H and O–H groups in total. The van der Waals surface area contributed by atoms with Crippen LogP contribution in [0.1, 0.15) is 30.5 Å². The summed E-state index contributed by atoms with van der Waals surface area (Å²) in [5.41, 5.74) is 1.42. The lowest BCUT2D eigenvalue weighted by Gasteiger charge is -2.25. The molecule has 12 heteroatoms. The molecule has 200 valence electrons. The fourth-order valence-corrected chi connectivity index (χ4v) is 4.58. The number of thioether (sulfide) groups is 1. The molecule has 2 heterocycles. The summed E-state index contributed by atoms with van der Waals surface area (Å²) in [6.45, 7) is 0.736. The van der Waals surface area contributed by atoms with Crippen LogP contribution < -0.4 is 21.3 Å². The van der Waals surface area contributed by atoms with Gasteiger partial charge in [0.25, 0.3) is 0 Å². The first-order chi connectivity index (χ1) is 17.9. The topological polar surface area (TPSA) is 165 Å². The van der Waals surface area contributed by atoms with Crippen molar-refractivity contribution in [3.8, 4) is 0 Å². The van der Waals surface area contributed by atoms with Crippen molar-refractivity contribution in [1.29, 1.82) is 0 Å². The van der Waals surface area contributed by atoms with E-state index in [1.165, 1.54) is 18.1 Å². The van der Waals surface area contributed by atoms with Crippen molar-refractivity contribution in [2.24, 2.45) is 0 Å². The lowest BCUT2D eigenvalue weighted by Crippen LogP contribution is -2.57. The predicted molar refractivity (Wildman–Crippen MR) is 140 cm³/mol. The third-order valence-corrected chi connectivity index (χ3v) is 6.77. The van der Waals surface area contributed by atoms with Crippen LogP contribution in [0.5, 0.6) is 0 Å². The van der Waals surface area contributed by atoms with Crippen molar-refractivity contribution in [2.45, 2.75) is 56.3 Å². The Morgan fingerprint density at radius 1 is 1.05 bits per heavy atom. The van der Waals surface area contributed by atoms with Gasteiger partial charge in [-0.15, -0.1) is 0 Å². The van der Waals surface area contributed by atoms with Crippen LogP contribution in [0, 0.1) is 0 Å². The number of carboxylic acid groups (broad SMARTS) is 1. The van der Waals surface area contributed by atoms with Gasteiger partial charge in [0, 0.05) is 24.7 Å². The van der Waals surface area contributed by atoms with Crippen LogP contribution in [0.4, 0.5) is 0 Å². The van der Waals surface area contributed by atoms with E-state index in [-0.39, 0.29) is 24.8 Å².